The highest BCUT2D eigenvalue weighted by Crippen LogP contribution is 2.29. The van der Waals surface area contributed by atoms with Crippen molar-refractivity contribution in [2.45, 2.75) is 12.8 Å². The largest absolute Gasteiger partial charge is 0.478 e. The first-order chi connectivity index (χ1) is 8.09. The first kappa shape index (κ1) is 11.8. The number of anilines is 1. The number of hydrogen-bond acceptors (Lipinski definition) is 2. The number of halogens is 2. The van der Waals surface area contributed by atoms with Crippen LogP contribution in [0, 0.1) is 5.92 Å². The first-order valence-electron chi connectivity index (χ1n) is 5.45. The number of para-hydroxylation sites is 1. The molecule has 1 aromatic rings. The van der Waals surface area contributed by atoms with Crippen LogP contribution >= 0.6 is 0 Å². The highest BCUT2D eigenvalue weighted by atomic mass is 19.3. The molecule has 0 saturated carbocycles. The van der Waals surface area contributed by atoms with Gasteiger partial charge in [0.2, 0.25) is 6.43 Å². The Hall–Kier alpha value is -1.65. The number of carboxylic acids is 1. The number of carbonyl (C=O) groups is 1. The second-order valence-corrected chi connectivity index (χ2v) is 4.15. The van der Waals surface area contributed by atoms with Gasteiger partial charge in [-0.3, -0.25) is 0 Å². The lowest BCUT2D eigenvalue weighted by molar-refractivity contribution is 0.0697. The van der Waals surface area contributed by atoms with Gasteiger partial charge in [-0.05, 0) is 18.6 Å². The van der Waals surface area contributed by atoms with Crippen LogP contribution in [0.3, 0.4) is 0 Å². The van der Waals surface area contributed by atoms with Crippen molar-refractivity contribution in [2.75, 3.05) is 18.0 Å². The zero-order valence-corrected chi connectivity index (χ0v) is 9.14. The molecule has 1 unspecified atom stereocenters. The van der Waals surface area contributed by atoms with E-state index in [1.54, 1.807) is 23.1 Å². The minimum atomic E-state index is -2.34. The number of benzene rings is 1. The third kappa shape index (κ3) is 2.38. The summed E-state index contributed by atoms with van der Waals surface area (Å²) < 4.78 is 25.1. The van der Waals surface area contributed by atoms with E-state index < -0.39 is 18.3 Å². The molecule has 17 heavy (non-hydrogen) atoms. The third-order valence-corrected chi connectivity index (χ3v) is 3.06. The van der Waals surface area contributed by atoms with Crippen molar-refractivity contribution in [2.24, 2.45) is 5.92 Å². The molecule has 0 bridgehead atoms. The summed E-state index contributed by atoms with van der Waals surface area (Å²) >= 11 is 0. The Labute approximate surface area is 97.7 Å². The minimum Gasteiger partial charge on any atom is -0.478 e. The van der Waals surface area contributed by atoms with Gasteiger partial charge in [-0.15, -0.1) is 0 Å². The molecule has 3 nitrogen and oxygen atoms in total. The Balaban J connectivity index is 2.21. The molecule has 0 spiro atoms. The van der Waals surface area contributed by atoms with E-state index >= 15 is 0 Å². The number of carboxylic acid groups (broad SMARTS) is 1. The summed E-state index contributed by atoms with van der Waals surface area (Å²) in [6.45, 7) is 0.710. The quantitative estimate of drug-likeness (QED) is 0.883. The van der Waals surface area contributed by atoms with Crippen molar-refractivity contribution < 1.29 is 18.7 Å². The summed E-state index contributed by atoms with van der Waals surface area (Å²) in [4.78, 5) is 12.7. The number of rotatable bonds is 3. The molecule has 0 radical (unpaired) electrons. The van der Waals surface area contributed by atoms with Crippen molar-refractivity contribution in [3.8, 4) is 0 Å². The van der Waals surface area contributed by atoms with Crippen LogP contribution in [0.2, 0.25) is 0 Å². The molecule has 92 valence electrons. The second kappa shape index (κ2) is 4.69. The molecule has 1 saturated heterocycles. The molecule has 1 aliphatic heterocycles. The Kier molecular flexibility index (Phi) is 3.26. The third-order valence-electron chi connectivity index (χ3n) is 3.06. The van der Waals surface area contributed by atoms with Gasteiger partial charge in [-0.2, -0.15) is 0 Å². The van der Waals surface area contributed by atoms with E-state index in [9.17, 15) is 13.6 Å². The highest BCUT2D eigenvalue weighted by molar-refractivity contribution is 5.94. The molecular weight excluding hydrogens is 228 g/mol. The number of aromatic carboxylic acids is 1. The Morgan fingerprint density at radius 3 is 2.71 bits per heavy atom. The van der Waals surface area contributed by atoms with Gasteiger partial charge in [0.25, 0.3) is 0 Å². The summed E-state index contributed by atoms with van der Waals surface area (Å²) in [6, 6.07) is 6.51. The first-order valence-corrected chi connectivity index (χ1v) is 5.45. The maximum Gasteiger partial charge on any atom is 0.337 e. The fraction of sp³-hybridized carbons (Fsp3) is 0.417. The summed E-state index contributed by atoms with van der Waals surface area (Å²) in [5.41, 5.74) is 0.700. The summed E-state index contributed by atoms with van der Waals surface area (Å²) in [5.74, 6) is -1.68. The van der Waals surface area contributed by atoms with Crippen LogP contribution in [0.1, 0.15) is 16.8 Å². The molecule has 2 rings (SSSR count). The second-order valence-electron chi connectivity index (χ2n) is 4.15. The van der Waals surface area contributed by atoms with Gasteiger partial charge in [-0.1, -0.05) is 12.1 Å². The van der Waals surface area contributed by atoms with Gasteiger partial charge < -0.3 is 10.0 Å². The van der Waals surface area contributed by atoms with Gasteiger partial charge >= 0.3 is 5.97 Å². The lowest BCUT2D eigenvalue weighted by Gasteiger charge is -2.20. The lowest BCUT2D eigenvalue weighted by Crippen LogP contribution is -2.23. The van der Waals surface area contributed by atoms with Gasteiger partial charge in [0.1, 0.15) is 0 Å². The predicted octanol–water partition coefficient (Wildman–Crippen LogP) is 2.48. The fourth-order valence-electron chi connectivity index (χ4n) is 2.14. The van der Waals surface area contributed by atoms with Crippen molar-refractivity contribution in [1.82, 2.24) is 0 Å². The number of nitrogens with zero attached hydrogens (tertiary/aromatic N) is 1. The van der Waals surface area contributed by atoms with Gasteiger partial charge in [0.05, 0.1) is 11.3 Å². The van der Waals surface area contributed by atoms with E-state index in [1.165, 1.54) is 6.07 Å². The van der Waals surface area contributed by atoms with Crippen LogP contribution in [0.4, 0.5) is 14.5 Å². The maximum atomic E-state index is 12.5. The monoisotopic (exact) mass is 241 g/mol. The minimum absolute atomic E-state index is 0.169. The Bertz CT molecular complexity index is 423. The highest BCUT2D eigenvalue weighted by Gasteiger charge is 2.31. The predicted molar refractivity (Wildman–Crippen MR) is 59.7 cm³/mol. The van der Waals surface area contributed by atoms with E-state index in [-0.39, 0.29) is 12.1 Å². The van der Waals surface area contributed by atoms with Crippen LogP contribution in [0.5, 0.6) is 0 Å². The Morgan fingerprint density at radius 1 is 1.41 bits per heavy atom. The SMILES string of the molecule is O=C(O)c1ccccc1N1CCC(C(F)F)C1. The zero-order chi connectivity index (χ0) is 12.4. The van der Waals surface area contributed by atoms with E-state index in [2.05, 4.69) is 0 Å². The molecule has 1 N–H and O–H groups in total. The van der Waals surface area contributed by atoms with E-state index in [1.807, 2.05) is 0 Å². The normalized spacial score (nSPS) is 19.9. The zero-order valence-electron chi connectivity index (χ0n) is 9.14. The molecule has 1 aromatic carbocycles. The summed E-state index contributed by atoms with van der Waals surface area (Å²) in [6.07, 6.45) is -1.93. The summed E-state index contributed by atoms with van der Waals surface area (Å²) in [7, 11) is 0. The molecular formula is C12H13F2NO2. The fourth-order valence-corrected chi connectivity index (χ4v) is 2.14. The number of hydrogen-bond donors (Lipinski definition) is 1. The average molecular weight is 241 g/mol. The van der Waals surface area contributed by atoms with Crippen LogP contribution in [-0.4, -0.2) is 30.6 Å². The molecule has 1 heterocycles. The maximum absolute atomic E-state index is 12.5. The number of alkyl halides is 2. The molecule has 1 aliphatic rings. The molecule has 0 aliphatic carbocycles. The van der Waals surface area contributed by atoms with Crippen molar-refractivity contribution in [1.29, 1.82) is 0 Å². The average Bonchev–Trinajstić information content (AvgIpc) is 2.78. The van der Waals surface area contributed by atoms with Gasteiger partial charge in [0, 0.05) is 19.0 Å². The summed E-state index contributed by atoms with van der Waals surface area (Å²) in [5, 5.41) is 9.03. The van der Waals surface area contributed by atoms with E-state index in [4.69, 9.17) is 5.11 Å². The van der Waals surface area contributed by atoms with E-state index in [0.29, 0.717) is 18.7 Å². The van der Waals surface area contributed by atoms with Crippen LogP contribution in [0.15, 0.2) is 24.3 Å². The van der Waals surface area contributed by atoms with Crippen molar-refractivity contribution in [3.63, 3.8) is 0 Å². The van der Waals surface area contributed by atoms with Crippen molar-refractivity contribution >= 4 is 11.7 Å². The molecule has 1 atom stereocenters. The molecule has 1 fully saturated rings. The molecule has 0 amide bonds. The smallest absolute Gasteiger partial charge is 0.337 e. The Morgan fingerprint density at radius 2 is 2.12 bits per heavy atom. The van der Waals surface area contributed by atoms with Crippen LogP contribution < -0.4 is 4.90 Å². The van der Waals surface area contributed by atoms with Crippen molar-refractivity contribution in [3.05, 3.63) is 29.8 Å². The topological polar surface area (TPSA) is 40.5 Å². The van der Waals surface area contributed by atoms with E-state index in [0.717, 1.165) is 0 Å². The standard InChI is InChI=1S/C12H13F2NO2/c13-11(14)8-5-6-15(7-8)10-4-2-1-3-9(10)12(16)17/h1-4,8,11H,5-7H2,(H,16,17). The van der Waals surface area contributed by atoms with Crippen LogP contribution in [-0.2, 0) is 0 Å². The van der Waals surface area contributed by atoms with Gasteiger partial charge in [0.15, 0.2) is 0 Å². The molecule has 0 aromatic heterocycles. The molecule has 5 heteroatoms. The van der Waals surface area contributed by atoms with Gasteiger partial charge in [-0.25, -0.2) is 13.6 Å². The lowest BCUT2D eigenvalue weighted by atomic mass is 10.1. The van der Waals surface area contributed by atoms with Crippen LogP contribution in [0.25, 0.3) is 0 Å².